The molecule has 0 saturated carbocycles. The smallest absolute Gasteiger partial charge is 0.115 e. The van der Waals surface area contributed by atoms with Crippen molar-refractivity contribution in [2.75, 3.05) is 13.1 Å². The topological polar surface area (TPSA) is 32.7 Å². The molecule has 3 heteroatoms. The van der Waals surface area contributed by atoms with E-state index in [0.29, 0.717) is 24.0 Å². The van der Waals surface area contributed by atoms with Crippen LogP contribution in [0.15, 0.2) is 24.3 Å². The van der Waals surface area contributed by atoms with E-state index in [2.05, 4.69) is 11.8 Å². The molecule has 0 radical (unpaired) electrons. The first-order valence-corrected chi connectivity index (χ1v) is 6.88. The van der Waals surface area contributed by atoms with Crippen LogP contribution in [0, 0.1) is 0 Å². The molecule has 0 aliphatic carbocycles. The quantitative estimate of drug-likeness (QED) is 0.888. The van der Waals surface area contributed by atoms with Crippen molar-refractivity contribution in [2.45, 2.75) is 44.4 Å². The number of rotatable bonds is 3. The summed E-state index contributed by atoms with van der Waals surface area (Å²) >= 11 is 0. The van der Waals surface area contributed by atoms with Crippen LogP contribution in [0.4, 0.5) is 0 Å². The van der Waals surface area contributed by atoms with Crippen LogP contribution in [0.2, 0.25) is 0 Å². The summed E-state index contributed by atoms with van der Waals surface area (Å²) in [5, 5.41) is 9.29. The van der Waals surface area contributed by atoms with E-state index in [9.17, 15) is 5.11 Å². The van der Waals surface area contributed by atoms with Gasteiger partial charge in [0.1, 0.15) is 5.75 Å². The number of benzene rings is 1. The van der Waals surface area contributed by atoms with Gasteiger partial charge in [0.15, 0.2) is 0 Å². The largest absolute Gasteiger partial charge is 0.508 e. The van der Waals surface area contributed by atoms with Crippen molar-refractivity contribution in [1.82, 2.24) is 4.90 Å². The van der Waals surface area contributed by atoms with E-state index >= 15 is 0 Å². The lowest BCUT2D eigenvalue weighted by atomic mass is 10.0. The van der Waals surface area contributed by atoms with E-state index in [-0.39, 0.29) is 0 Å². The highest BCUT2D eigenvalue weighted by Gasteiger charge is 2.35. The van der Waals surface area contributed by atoms with Gasteiger partial charge in [-0.3, -0.25) is 4.90 Å². The Kier molecular flexibility index (Phi) is 3.27. The molecule has 3 rings (SSSR count). The van der Waals surface area contributed by atoms with Crippen LogP contribution < -0.4 is 0 Å². The first-order chi connectivity index (χ1) is 8.70. The maximum absolute atomic E-state index is 9.29. The summed E-state index contributed by atoms with van der Waals surface area (Å²) < 4.78 is 5.87. The van der Waals surface area contributed by atoms with E-state index < -0.39 is 0 Å². The lowest BCUT2D eigenvalue weighted by molar-refractivity contribution is -0.0502. The van der Waals surface area contributed by atoms with Crippen LogP contribution in [0.1, 0.15) is 25.3 Å². The third kappa shape index (κ3) is 2.52. The van der Waals surface area contributed by atoms with E-state index in [4.69, 9.17) is 4.74 Å². The highest BCUT2D eigenvalue weighted by atomic mass is 16.5. The number of morpholine rings is 1. The fourth-order valence-corrected chi connectivity index (χ4v) is 3.11. The van der Waals surface area contributed by atoms with E-state index in [0.717, 1.165) is 19.5 Å². The van der Waals surface area contributed by atoms with Crippen LogP contribution in [-0.2, 0) is 11.2 Å². The third-order valence-electron chi connectivity index (χ3n) is 4.16. The van der Waals surface area contributed by atoms with E-state index in [1.54, 1.807) is 12.1 Å². The lowest BCUT2D eigenvalue weighted by Crippen LogP contribution is -2.47. The zero-order valence-electron chi connectivity index (χ0n) is 10.9. The Morgan fingerprint density at radius 1 is 1.22 bits per heavy atom. The summed E-state index contributed by atoms with van der Waals surface area (Å²) in [6.45, 7) is 4.45. The van der Waals surface area contributed by atoms with Gasteiger partial charge in [-0.1, -0.05) is 12.1 Å². The SMILES string of the molecule is CC(Cc1ccc(O)cc1)N1CC2CCC(C1)O2. The van der Waals surface area contributed by atoms with Crippen LogP contribution in [-0.4, -0.2) is 41.3 Å². The van der Waals surface area contributed by atoms with Gasteiger partial charge in [-0.15, -0.1) is 0 Å². The third-order valence-corrected chi connectivity index (χ3v) is 4.16. The van der Waals surface area contributed by atoms with Gasteiger partial charge >= 0.3 is 0 Å². The molecule has 18 heavy (non-hydrogen) atoms. The Morgan fingerprint density at radius 2 is 1.83 bits per heavy atom. The summed E-state index contributed by atoms with van der Waals surface area (Å²) in [4.78, 5) is 2.55. The zero-order chi connectivity index (χ0) is 12.5. The summed E-state index contributed by atoms with van der Waals surface area (Å²) in [5.74, 6) is 0.343. The van der Waals surface area contributed by atoms with Crippen molar-refractivity contribution in [1.29, 1.82) is 0 Å². The molecular formula is C15H21NO2. The van der Waals surface area contributed by atoms with Crippen molar-refractivity contribution < 1.29 is 9.84 Å². The Balaban J connectivity index is 1.61. The van der Waals surface area contributed by atoms with Gasteiger partial charge in [-0.2, -0.15) is 0 Å². The molecule has 2 saturated heterocycles. The van der Waals surface area contributed by atoms with Gasteiger partial charge in [0, 0.05) is 19.1 Å². The number of aromatic hydroxyl groups is 1. The maximum Gasteiger partial charge on any atom is 0.115 e. The maximum atomic E-state index is 9.29. The van der Waals surface area contributed by atoms with Gasteiger partial charge in [0.25, 0.3) is 0 Å². The second-order valence-corrected chi connectivity index (χ2v) is 5.63. The Bertz CT molecular complexity index is 391. The molecule has 1 aromatic rings. The van der Waals surface area contributed by atoms with Crippen molar-refractivity contribution in [3.05, 3.63) is 29.8 Å². The number of hydrogen-bond donors (Lipinski definition) is 1. The fourth-order valence-electron chi connectivity index (χ4n) is 3.11. The molecular weight excluding hydrogens is 226 g/mol. The molecule has 0 spiro atoms. The molecule has 2 aliphatic rings. The monoisotopic (exact) mass is 247 g/mol. The number of hydrogen-bond acceptors (Lipinski definition) is 3. The number of phenolic OH excluding ortho intramolecular Hbond substituents is 1. The molecule has 2 bridgehead atoms. The fraction of sp³-hybridized carbons (Fsp3) is 0.600. The van der Waals surface area contributed by atoms with E-state index in [1.165, 1.54) is 18.4 Å². The Labute approximate surface area is 108 Å². The van der Waals surface area contributed by atoms with Crippen LogP contribution in [0.5, 0.6) is 5.75 Å². The number of ether oxygens (including phenoxy) is 1. The summed E-state index contributed by atoms with van der Waals surface area (Å²) in [5.41, 5.74) is 1.29. The summed E-state index contributed by atoms with van der Waals surface area (Å²) in [6, 6.07) is 8.11. The number of likely N-dealkylation sites (tertiary alicyclic amines) is 1. The van der Waals surface area contributed by atoms with Gasteiger partial charge < -0.3 is 9.84 Å². The van der Waals surface area contributed by atoms with Gasteiger partial charge in [0.2, 0.25) is 0 Å². The van der Waals surface area contributed by atoms with Crippen LogP contribution in [0.3, 0.4) is 0 Å². The number of fused-ring (bicyclic) bond motifs is 2. The van der Waals surface area contributed by atoms with Crippen molar-refractivity contribution in [3.8, 4) is 5.75 Å². The van der Waals surface area contributed by atoms with Crippen LogP contribution in [0.25, 0.3) is 0 Å². The van der Waals surface area contributed by atoms with Crippen molar-refractivity contribution in [2.24, 2.45) is 0 Å². The minimum absolute atomic E-state index is 0.343. The average Bonchev–Trinajstić information content (AvgIpc) is 2.71. The first kappa shape index (κ1) is 12.0. The second kappa shape index (κ2) is 4.90. The summed E-state index contributed by atoms with van der Waals surface area (Å²) in [6.07, 6.45) is 4.43. The molecule has 3 nitrogen and oxygen atoms in total. The number of phenols is 1. The molecule has 2 fully saturated rings. The molecule has 2 aliphatic heterocycles. The predicted octanol–water partition coefficient (Wildman–Crippen LogP) is 2.19. The number of nitrogens with zero attached hydrogens (tertiary/aromatic N) is 1. The standard InChI is InChI=1S/C15H21NO2/c1-11(8-12-2-4-13(17)5-3-12)16-9-14-6-7-15(10-16)18-14/h2-5,11,14-15,17H,6-10H2,1H3. The van der Waals surface area contributed by atoms with Crippen LogP contribution >= 0.6 is 0 Å². The average molecular weight is 247 g/mol. The highest BCUT2D eigenvalue weighted by Crippen LogP contribution is 2.28. The Morgan fingerprint density at radius 3 is 2.44 bits per heavy atom. The minimum atomic E-state index is 0.343. The first-order valence-electron chi connectivity index (χ1n) is 6.88. The molecule has 1 aromatic carbocycles. The lowest BCUT2D eigenvalue weighted by Gasteiger charge is -2.36. The van der Waals surface area contributed by atoms with Gasteiger partial charge in [0.05, 0.1) is 12.2 Å². The molecule has 0 aromatic heterocycles. The Hall–Kier alpha value is -1.06. The van der Waals surface area contributed by atoms with Crippen molar-refractivity contribution >= 4 is 0 Å². The molecule has 1 N–H and O–H groups in total. The predicted molar refractivity (Wildman–Crippen MR) is 70.7 cm³/mol. The highest BCUT2D eigenvalue weighted by molar-refractivity contribution is 5.26. The van der Waals surface area contributed by atoms with E-state index in [1.807, 2.05) is 12.1 Å². The van der Waals surface area contributed by atoms with Gasteiger partial charge in [-0.25, -0.2) is 0 Å². The summed E-state index contributed by atoms with van der Waals surface area (Å²) in [7, 11) is 0. The molecule has 2 heterocycles. The molecule has 98 valence electrons. The zero-order valence-corrected chi connectivity index (χ0v) is 10.9. The van der Waals surface area contributed by atoms with Gasteiger partial charge in [-0.05, 0) is 43.9 Å². The molecule has 3 atom stereocenters. The normalized spacial score (nSPS) is 29.4. The molecule has 3 unspecified atom stereocenters. The second-order valence-electron chi connectivity index (χ2n) is 5.63. The molecule has 0 amide bonds. The minimum Gasteiger partial charge on any atom is -0.508 e. The van der Waals surface area contributed by atoms with Crippen molar-refractivity contribution in [3.63, 3.8) is 0 Å².